The second kappa shape index (κ2) is 5.72. The first-order valence-corrected chi connectivity index (χ1v) is 7.87. The third-order valence-electron chi connectivity index (χ3n) is 3.46. The predicted octanol–water partition coefficient (Wildman–Crippen LogP) is 3.96. The molecule has 0 unspecified atom stereocenters. The van der Waals surface area contributed by atoms with Crippen LogP contribution in [0.1, 0.15) is 24.8 Å². The number of hydrogen-bond acceptors (Lipinski definition) is 2. The average molecular weight is 318 g/mol. The topological polar surface area (TPSA) is 12.0 Å². The SMILES string of the molecule is CSC1(CNCc2ccc(Br)c(F)c2)CCC1. The fraction of sp³-hybridized carbons (Fsp3) is 0.538. The third-order valence-corrected chi connectivity index (χ3v) is 5.52. The summed E-state index contributed by atoms with van der Waals surface area (Å²) in [5, 5.41) is 3.44. The van der Waals surface area contributed by atoms with Gasteiger partial charge in [0.05, 0.1) is 4.47 Å². The normalized spacial score (nSPS) is 17.8. The molecule has 1 fully saturated rings. The molecular weight excluding hydrogens is 301 g/mol. The van der Waals surface area contributed by atoms with Crippen molar-refractivity contribution in [1.82, 2.24) is 5.32 Å². The summed E-state index contributed by atoms with van der Waals surface area (Å²) in [6.45, 7) is 1.76. The van der Waals surface area contributed by atoms with Gasteiger partial charge in [-0.1, -0.05) is 12.5 Å². The first kappa shape index (κ1) is 13.4. The quantitative estimate of drug-likeness (QED) is 0.882. The molecule has 1 aliphatic carbocycles. The van der Waals surface area contributed by atoms with E-state index < -0.39 is 0 Å². The molecule has 1 N–H and O–H groups in total. The Hall–Kier alpha value is -0.0600. The van der Waals surface area contributed by atoms with Crippen molar-refractivity contribution < 1.29 is 4.39 Å². The van der Waals surface area contributed by atoms with Crippen molar-refractivity contribution in [3.63, 3.8) is 0 Å². The van der Waals surface area contributed by atoms with Gasteiger partial charge in [-0.2, -0.15) is 11.8 Å². The van der Waals surface area contributed by atoms with E-state index in [1.54, 1.807) is 12.1 Å². The molecule has 0 bridgehead atoms. The summed E-state index contributed by atoms with van der Waals surface area (Å²) in [5.41, 5.74) is 1.00. The molecule has 0 aliphatic heterocycles. The zero-order valence-corrected chi connectivity index (χ0v) is 12.3. The van der Waals surface area contributed by atoms with E-state index in [4.69, 9.17) is 0 Å². The maximum atomic E-state index is 13.3. The standard InChI is InChI=1S/C13H17BrFNS/c1-17-13(5-2-6-13)9-16-8-10-3-4-11(14)12(15)7-10/h3-4,7,16H,2,5-6,8-9H2,1H3. The molecule has 1 saturated carbocycles. The van der Waals surface area contributed by atoms with Crippen molar-refractivity contribution in [2.45, 2.75) is 30.6 Å². The van der Waals surface area contributed by atoms with Gasteiger partial charge in [-0.25, -0.2) is 4.39 Å². The molecule has 94 valence electrons. The molecule has 0 spiro atoms. The van der Waals surface area contributed by atoms with Crippen molar-refractivity contribution in [3.8, 4) is 0 Å². The van der Waals surface area contributed by atoms with Crippen LogP contribution in [0.15, 0.2) is 22.7 Å². The Morgan fingerprint density at radius 2 is 2.24 bits per heavy atom. The molecule has 0 saturated heterocycles. The van der Waals surface area contributed by atoms with E-state index in [-0.39, 0.29) is 5.82 Å². The highest BCUT2D eigenvalue weighted by atomic mass is 79.9. The molecule has 17 heavy (non-hydrogen) atoms. The fourth-order valence-electron chi connectivity index (χ4n) is 2.11. The molecule has 1 aliphatic rings. The van der Waals surface area contributed by atoms with E-state index in [1.165, 1.54) is 19.3 Å². The molecule has 0 amide bonds. The number of hydrogen-bond donors (Lipinski definition) is 1. The van der Waals surface area contributed by atoms with E-state index in [2.05, 4.69) is 27.5 Å². The predicted molar refractivity (Wildman–Crippen MR) is 75.9 cm³/mol. The van der Waals surface area contributed by atoms with Crippen LogP contribution < -0.4 is 5.32 Å². The van der Waals surface area contributed by atoms with E-state index in [9.17, 15) is 4.39 Å². The zero-order valence-electron chi connectivity index (χ0n) is 9.93. The van der Waals surface area contributed by atoms with Crippen molar-refractivity contribution in [3.05, 3.63) is 34.1 Å². The fourth-order valence-corrected chi connectivity index (χ4v) is 3.30. The minimum Gasteiger partial charge on any atom is -0.311 e. The van der Waals surface area contributed by atoms with Gasteiger partial charge in [0.25, 0.3) is 0 Å². The van der Waals surface area contributed by atoms with Crippen LogP contribution in [-0.4, -0.2) is 17.5 Å². The number of rotatable bonds is 5. The molecular formula is C13H17BrFNS. The largest absolute Gasteiger partial charge is 0.311 e. The van der Waals surface area contributed by atoms with Gasteiger partial charge in [0.1, 0.15) is 5.82 Å². The first-order chi connectivity index (χ1) is 8.15. The van der Waals surface area contributed by atoms with E-state index in [0.717, 1.165) is 18.7 Å². The van der Waals surface area contributed by atoms with Crippen LogP contribution in [0, 0.1) is 5.82 Å². The Kier molecular flexibility index (Phi) is 4.50. The second-order valence-electron chi connectivity index (χ2n) is 4.59. The molecule has 1 aromatic rings. The highest BCUT2D eigenvalue weighted by molar-refractivity contribution is 9.10. The number of halogens is 2. The molecule has 0 heterocycles. The zero-order chi connectivity index (χ0) is 12.3. The van der Waals surface area contributed by atoms with Gasteiger partial charge in [-0.05, 0) is 52.7 Å². The highest BCUT2D eigenvalue weighted by Gasteiger charge is 2.35. The summed E-state index contributed by atoms with van der Waals surface area (Å²) < 4.78 is 14.3. The van der Waals surface area contributed by atoms with Gasteiger partial charge in [-0.3, -0.25) is 0 Å². The molecule has 0 radical (unpaired) electrons. The van der Waals surface area contributed by atoms with Crippen LogP contribution in [0.3, 0.4) is 0 Å². The molecule has 2 rings (SSSR count). The molecule has 0 aromatic heterocycles. The summed E-state index contributed by atoms with van der Waals surface area (Å²) in [5.74, 6) is -0.187. The lowest BCUT2D eigenvalue weighted by atomic mass is 9.84. The van der Waals surface area contributed by atoms with E-state index in [1.807, 2.05) is 17.8 Å². The van der Waals surface area contributed by atoms with Gasteiger partial charge in [0.15, 0.2) is 0 Å². The Labute approximate surface area is 115 Å². The lowest BCUT2D eigenvalue weighted by Crippen LogP contribution is -2.43. The Bertz CT molecular complexity index is 387. The van der Waals surface area contributed by atoms with Crippen molar-refractivity contribution in [2.24, 2.45) is 0 Å². The summed E-state index contributed by atoms with van der Waals surface area (Å²) in [7, 11) is 0. The van der Waals surface area contributed by atoms with E-state index >= 15 is 0 Å². The Morgan fingerprint density at radius 1 is 1.47 bits per heavy atom. The summed E-state index contributed by atoms with van der Waals surface area (Å²) in [6.07, 6.45) is 6.13. The number of thioether (sulfide) groups is 1. The summed E-state index contributed by atoms with van der Waals surface area (Å²) >= 11 is 5.12. The first-order valence-electron chi connectivity index (χ1n) is 5.85. The van der Waals surface area contributed by atoms with Gasteiger partial charge in [0.2, 0.25) is 0 Å². The van der Waals surface area contributed by atoms with Gasteiger partial charge < -0.3 is 5.32 Å². The van der Waals surface area contributed by atoms with Crippen molar-refractivity contribution in [1.29, 1.82) is 0 Å². The number of nitrogens with one attached hydrogen (secondary N) is 1. The van der Waals surface area contributed by atoms with Crippen LogP contribution >= 0.6 is 27.7 Å². The number of benzene rings is 1. The minimum absolute atomic E-state index is 0.187. The van der Waals surface area contributed by atoms with E-state index in [0.29, 0.717) is 9.22 Å². The Morgan fingerprint density at radius 3 is 2.76 bits per heavy atom. The Balaban J connectivity index is 1.83. The smallest absolute Gasteiger partial charge is 0.137 e. The van der Waals surface area contributed by atoms with Gasteiger partial charge in [-0.15, -0.1) is 0 Å². The van der Waals surface area contributed by atoms with Crippen LogP contribution in [0.25, 0.3) is 0 Å². The molecule has 0 atom stereocenters. The monoisotopic (exact) mass is 317 g/mol. The second-order valence-corrected chi connectivity index (χ2v) is 6.72. The maximum absolute atomic E-state index is 13.3. The highest BCUT2D eigenvalue weighted by Crippen LogP contribution is 2.42. The lowest BCUT2D eigenvalue weighted by molar-refractivity contribution is 0.345. The van der Waals surface area contributed by atoms with Gasteiger partial charge in [0, 0.05) is 17.8 Å². The summed E-state index contributed by atoms with van der Waals surface area (Å²) in [6, 6.07) is 5.30. The molecule has 1 nitrogen and oxygen atoms in total. The van der Waals surface area contributed by atoms with Crippen molar-refractivity contribution in [2.75, 3.05) is 12.8 Å². The van der Waals surface area contributed by atoms with Gasteiger partial charge >= 0.3 is 0 Å². The summed E-state index contributed by atoms with van der Waals surface area (Å²) in [4.78, 5) is 0. The average Bonchev–Trinajstić information content (AvgIpc) is 2.27. The van der Waals surface area contributed by atoms with Crippen LogP contribution in [0.2, 0.25) is 0 Å². The van der Waals surface area contributed by atoms with Crippen molar-refractivity contribution >= 4 is 27.7 Å². The van der Waals surface area contributed by atoms with Crippen LogP contribution in [-0.2, 0) is 6.54 Å². The molecule has 4 heteroatoms. The lowest BCUT2D eigenvalue weighted by Gasteiger charge is -2.40. The minimum atomic E-state index is -0.187. The third kappa shape index (κ3) is 3.24. The van der Waals surface area contributed by atoms with Crippen LogP contribution in [0.4, 0.5) is 4.39 Å². The molecule has 1 aromatic carbocycles. The maximum Gasteiger partial charge on any atom is 0.137 e. The van der Waals surface area contributed by atoms with Crippen LogP contribution in [0.5, 0.6) is 0 Å².